The third-order valence-corrected chi connectivity index (χ3v) is 7.92. The van der Waals surface area contributed by atoms with E-state index in [4.69, 9.17) is 25.0 Å². The summed E-state index contributed by atoms with van der Waals surface area (Å²) in [6.45, 7) is 4.02. The van der Waals surface area contributed by atoms with E-state index >= 15 is 0 Å². The van der Waals surface area contributed by atoms with Crippen LogP contribution in [0, 0.1) is 0 Å². The van der Waals surface area contributed by atoms with E-state index < -0.39 is 5.60 Å². The Morgan fingerprint density at radius 1 is 1.02 bits per heavy atom. The van der Waals surface area contributed by atoms with Crippen LogP contribution < -0.4 is 16.0 Å². The number of nitrogens with two attached hydrogens (primary N) is 1. The van der Waals surface area contributed by atoms with Crippen LogP contribution in [0.4, 0.5) is 5.82 Å². The van der Waals surface area contributed by atoms with Gasteiger partial charge in [0, 0.05) is 35.5 Å². The molecule has 0 bridgehead atoms. The van der Waals surface area contributed by atoms with Gasteiger partial charge in [-0.2, -0.15) is 9.77 Å². The minimum Gasteiger partial charge on any atom is -0.504 e. The molecule has 0 spiro atoms. The number of ether oxygens (including phenoxy) is 1. The summed E-state index contributed by atoms with van der Waals surface area (Å²) in [5, 5.41) is 16.6. The predicted octanol–water partition coefficient (Wildman–Crippen LogP) is 4.63. The summed E-state index contributed by atoms with van der Waals surface area (Å²) in [7, 11) is 0. The number of phenolic OH excluding ortho intramolecular Hbond substituents is 1. The fourth-order valence-corrected chi connectivity index (χ4v) is 6.05. The summed E-state index contributed by atoms with van der Waals surface area (Å²) in [4.78, 5) is 28.1. The molecule has 0 fully saturated rings. The molecular formula is C32H26N8O4. The van der Waals surface area contributed by atoms with Gasteiger partial charge in [-0.1, -0.05) is 12.1 Å². The van der Waals surface area contributed by atoms with E-state index in [-0.39, 0.29) is 23.7 Å². The number of anilines is 1. The standard InChI is InChI=1S/C32H26N8O4/c1-32(2)14-21-20(8-9-23(41)28(21)44-32)27-26-29(33)34-17-35-30(26)39(37-27)15-24-36-22-7-5-6-19(18-10-13-43-16-18)25(22)31(42)40(24)38-11-3-4-12-38/h3-13,16-17,41H,14-15H2,1-2H3,(H2,33,34,35). The molecule has 2 aromatic carbocycles. The van der Waals surface area contributed by atoms with Crippen LogP contribution in [-0.4, -0.2) is 44.8 Å². The maximum absolute atomic E-state index is 14.3. The molecule has 0 aliphatic carbocycles. The van der Waals surface area contributed by atoms with Gasteiger partial charge in [-0.05, 0) is 55.8 Å². The summed E-state index contributed by atoms with van der Waals surface area (Å²) in [5.74, 6) is 1.18. The van der Waals surface area contributed by atoms with Crippen molar-refractivity contribution in [1.82, 2.24) is 34.1 Å². The zero-order valence-electron chi connectivity index (χ0n) is 23.8. The molecule has 0 amide bonds. The number of fused-ring (bicyclic) bond motifs is 3. The molecule has 0 radical (unpaired) electrons. The molecule has 218 valence electrons. The van der Waals surface area contributed by atoms with Crippen molar-refractivity contribution >= 4 is 27.8 Å². The zero-order valence-corrected chi connectivity index (χ0v) is 23.8. The molecule has 5 aromatic heterocycles. The molecule has 1 aliphatic heterocycles. The molecule has 7 aromatic rings. The number of nitrogens with zero attached hydrogens (tertiary/aromatic N) is 7. The van der Waals surface area contributed by atoms with Gasteiger partial charge in [0.15, 0.2) is 23.0 Å². The first-order chi connectivity index (χ1) is 21.3. The van der Waals surface area contributed by atoms with E-state index in [2.05, 4.69) is 9.97 Å². The molecule has 12 heteroatoms. The normalized spacial score (nSPS) is 13.9. The first kappa shape index (κ1) is 25.8. The van der Waals surface area contributed by atoms with Crippen LogP contribution in [-0.2, 0) is 13.0 Å². The molecule has 0 saturated carbocycles. The Balaban J connectivity index is 1.35. The molecule has 8 rings (SSSR count). The van der Waals surface area contributed by atoms with Crippen LogP contribution in [0.25, 0.3) is 44.3 Å². The Morgan fingerprint density at radius 3 is 2.66 bits per heavy atom. The van der Waals surface area contributed by atoms with Crippen molar-refractivity contribution in [3.05, 3.63) is 102 Å². The van der Waals surface area contributed by atoms with Crippen molar-refractivity contribution in [2.75, 3.05) is 5.73 Å². The number of aromatic nitrogens is 7. The third-order valence-electron chi connectivity index (χ3n) is 7.92. The summed E-state index contributed by atoms with van der Waals surface area (Å²) in [5.41, 5.74) is 10.3. The minimum absolute atomic E-state index is 0.0631. The maximum Gasteiger partial charge on any atom is 0.281 e. The highest BCUT2D eigenvalue weighted by Crippen LogP contribution is 2.47. The number of hydrogen-bond donors (Lipinski definition) is 2. The highest BCUT2D eigenvalue weighted by molar-refractivity contribution is 5.99. The molecule has 0 unspecified atom stereocenters. The van der Waals surface area contributed by atoms with Crippen molar-refractivity contribution in [3.8, 4) is 33.9 Å². The van der Waals surface area contributed by atoms with Crippen LogP contribution in [0.3, 0.4) is 0 Å². The van der Waals surface area contributed by atoms with Gasteiger partial charge in [0.05, 0.1) is 28.8 Å². The van der Waals surface area contributed by atoms with Gasteiger partial charge >= 0.3 is 0 Å². The average molecular weight is 587 g/mol. The largest absolute Gasteiger partial charge is 0.504 e. The topological polar surface area (TPSA) is 152 Å². The molecule has 44 heavy (non-hydrogen) atoms. The number of rotatable bonds is 5. The van der Waals surface area contributed by atoms with Gasteiger partial charge in [-0.25, -0.2) is 19.6 Å². The van der Waals surface area contributed by atoms with Crippen LogP contribution >= 0.6 is 0 Å². The van der Waals surface area contributed by atoms with Gasteiger partial charge in [-0.3, -0.25) is 9.47 Å². The van der Waals surface area contributed by atoms with Gasteiger partial charge in [0.25, 0.3) is 5.56 Å². The average Bonchev–Trinajstić information content (AvgIpc) is 3.81. The molecule has 6 heterocycles. The molecular weight excluding hydrogens is 560 g/mol. The Morgan fingerprint density at radius 2 is 1.86 bits per heavy atom. The number of phenols is 1. The quantitative estimate of drug-likeness (QED) is 0.294. The lowest BCUT2D eigenvalue weighted by atomic mass is 9.95. The van der Waals surface area contributed by atoms with Crippen LogP contribution in [0.2, 0.25) is 0 Å². The Hall–Kier alpha value is -5.91. The fourth-order valence-electron chi connectivity index (χ4n) is 6.05. The lowest BCUT2D eigenvalue weighted by molar-refractivity contribution is 0.134. The van der Waals surface area contributed by atoms with Crippen LogP contribution in [0.15, 0.2) is 89.0 Å². The molecule has 0 atom stereocenters. The fraction of sp³-hybridized carbons (Fsp3) is 0.156. The van der Waals surface area contributed by atoms with Crippen LogP contribution in [0.1, 0.15) is 25.2 Å². The summed E-state index contributed by atoms with van der Waals surface area (Å²) >= 11 is 0. The van der Waals surface area contributed by atoms with E-state index in [0.29, 0.717) is 45.6 Å². The van der Waals surface area contributed by atoms with Crippen molar-refractivity contribution in [2.45, 2.75) is 32.4 Å². The van der Waals surface area contributed by atoms with Gasteiger partial charge in [-0.15, -0.1) is 0 Å². The monoisotopic (exact) mass is 586 g/mol. The van der Waals surface area contributed by atoms with Crippen LogP contribution in [0.5, 0.6) is 11.5 Å². The van der Waals surface area contributed by atoms with Crippen molar-refractivity contribution in [2.24, 2.45) is 0 Å². The number of hydrogen-bond acceptors (Lipinski definition) is 9. The second kappa shape index (κ2) is 9.30. The van der Waals surface area contributed by atoms with Crippen molar-refractivity contribution in [3.63, 3.8) is 0 Å². The maximum atomic E-state index is 14.3. The molecule has 0 saturated heterocycles. The first-order valence-electron chi connectivity index (χ1n) is 14.0. The third kappa shape index (κ3) is 3.87. The van der Waals surface area contributed by atoms with E-state index in [1.54, 1.807) is 46.4 Å². The van der Waals surface area contributed by atoms with E-state index in [1.807, 2.05) is 50.2 Å². The van der Waals surface area contributed by atoms with Gasteiger partial charge in [0.1, 0.15) is 30.0 Å². The number of benzene rings is 2. The van der Waals surface area contributed by atoms with Crippen molar-refractivity contribution < 1.29 is 14.3 Å². The smallest absolute Gasteiger partial charge is 0.281 e. The molecule has 1 aliphatic rings. The first-order valence-corrected chi connectivity index (χ1v) is 14.0. The Bertz CT molecular complexity index is 2280. The highest BCUT2D eigenvalue weighted by atomic mass is 16.5. The summed E-state index contributed by atoms with van der Waals surface area (Å²) in [6.07, 6.45) is 8.70. The number of furan rings is 1. The Kier molecular flexibility index (Phi) is 5.44. The number of aromatic hydroxyl groups is 1. The van der Waals surface area contributed by atoms with Gasteiger partial charge < -0.3 is 20.0 Å². The lowest BCUT2D eigenvalue weighted by Gasteiger charge is -2.16. The van der Waals surface area contributed by atoms with E-state index in [0.717, 1.165) is 22.3 Å². The zero-order chi connectivity index (χ0) is 30.2. The minimum atomic E-state index is -0.506. The predicted molar refractivity (Wildman–Crippen MR) is 163 cm³/mol. The number of nitrogen functional groups attached to an aromatic ring is 1. The summed E-state index contributed by atoms with van der Waals surface area (Å²) < 4.78 is 16.3. The second-order valence-corrected chi connectivity index (χ2v) is 11.4. The Labute approximate surface area is 249 Å². The van der Waals surface area contributed by atoms with Crippen molar-refractivity contribution in [1.29, 1.82) is 0 Å². The highest BCUT2D eigenvalue weighted by Gasteiger charge is 2.35. The second-order valence-electron chi connectivity index (χ2n) is 11.4. The van der Waals surface area contributed by atoms with E-state index in [1.165, 1.54) is 11.0 Å². The molecule has 3 N–H and O–H groups in total. The lowest BCUT2D eigenvalue weighted by Crippen LogP contribution is -2.31. The summed E-state index contributed by atoms with van der Waals surface area (Å²) in [6, 6.07) is 14.5. The van der Waals surface area contributed by atoms with E-state index in [9.17, 15) is 9.90 Å². The van der Waals surface area contributed by atoms with Gasteiger partial charge in [0.2, 0.25) is 0 Å². The SMILES string of the molecule is CC1(C)Cc2c(-c3nn(Cc4nc5cccc(-c6ccoc6)c5c(=O)n4-n4cccc4)c4ncnc(N)c34)ccc(O)c2O1. The molecule has 12 nitrogen and oxygen atoms in total.